The summed E-state index contributed by atoms with van der Waals surface area (Å²) < 4.78 is 39.7. The van der Waals surface area contributed by atoms with Gasteiger partial charge in [-0.1, -0.05) is 194 Å². The van der Waals surface area contributed by atoms with E-state index >= 15 is 0 Å². The van der Waals surface area contributed by atoms with Gasteiger partial charge in [-0.25, -0.2) is 0 Å². The standard InChI is InChI=1S/C59H102O6P2/c1-7-11-15-19-23-27-33-51-35-31-37-57(49-51)64-66(60-47-29-25-21-17-13-9-3)62-55-43-39-53(40-44-55)59(5,6)54-41-45-56(46-42-54)63-67(61-48-30-26-22-18-14-10-4)65-58-38-32-36-52(50-58)34-28-24-20-16-12-8-2/h31-32,35-38,49-50,53-56H,7-30,33-34,39-48H2,1-6H3. The number of unbranched alkanes of at least 4 members (excludes halogenated alkanes) is 20. The molecule has 384 valence electrons. The van der Waals surface area contributed by atoms with Gasteiger partial charge in [-0.2, -0.15) is 0 Å². The third-order valence-electron chi connectivity index (χ3n) is 15.1. The zero-order valence-corrected chi connectivity index (χ0v) is 46.0. The van der Waals surface area contributed by atoms with Crippen molar-refractivity contribution in [1.29, 1.82) is 0 Å². The summed E-state index contributed by atoms with van der Waals surface area (Å²) in [6.07, 6.45) is 42.4. The van der Waals surface area contributed by atoms with Crippen molar-refractivity contribution in [3.05, 3.63) is 59.7 Å². The molecule has 2 aliphatic rings. The fourth-order valence-corrected chi connectivity index (χ4v) is 12.9. The Hall–Kier alpha value is -1.26. The highest BCUT2D eigenvalue weighted by molar-refractivity contribution is 7.42. The summed E-state index contributed by atoms with van der Waals surface area (Å²) in [5.41, 5.74) is 2.98. The van der Waals surface area contributed by atoms with Crippen LogP contribution in [0.25, 0.3) is 0 Å². The molecule has 8 heteroatoms. The van der Waals surface area contributed by atoms with Crippen LogP contribution < -0.4 is 9.05 Å². The molecule has 2 saturated carbocycles. The van der Waals surface area contributed by atoms with Crippen LogP contribution in [0.1, 0.15) is 258 Å². The summed E-state index contributed by atoms with van der Waals surface area (Å²) in [6, 6.07) is 17.4. The van der Waals surface area contributed by atoms with Gasteiger partial charge in [0.2, 0.25) is 0 Å². The summed E-state index contributed by atoms with van der Waals surface area (Å²) >= 11 is 0. The molecule has 0 aliphatic heterocycles. The number of hydrogen-bond donors (Lipinski definition) is 0. The van der Waals surface area contributed by atoms with Crippen molar-refractivity contribution in [2.24, 2.45) is 17.3 Å². The van der Waals surface area contributed by atoms with Gasteiger partial charge < -0.3 is 18.1 Å². The van der Waals surface area contributed by atoms with Crippen molar-refractivity contribution in [1.82, 2.24) is 0 Å². The predicted molar refractivity (Wildman–Crippen MR) is 288 cm³/mol. The Balaban J connectivity index is 1.26. The normalized spacial score (nSPS) is 19.9. The second-order valence-corrected chi connectivity index (χ2v) is 23.3. The molecule has 0 spiro atoms. The lowest BCUT2D eigenvalue weighted by atomic mass is 9.60. The number of aryl methyl sites for hydroxylation is 2. The molecular weight excluding hydrogens is 867 g/mol. The molecule has 2 fully saturated rings. The molecule has 0 aromatic heterocycles. The maximum atomic E-state index is 6.80. The Morgan fingerprint density at radius 3 is 1.10 bits per heavy atom. The van der Waals surface area contributed by atoms with E-state index in [0.29, 0.717) is 25.0 Å². The summed E-state index contributed by atoms with van der Waals surface area (Å²) in [5, 5.41) is 0. The first-order chi connectivity index (χ1) is 32.8. The van der Waals surface area contributed by atoms with Gasteiger partial charge >= 0.3 is 17.2 Å². The maximum Gasteiger partial charge on any atom is 0.397 e. The van der Waals surface area contributed by atoms with Crippen LogP contribution in [0.4, 0.5) is 0 Å². The molecule has 6 nitrogen and oxygen atoms in total. The second-order valence-electron chi connectivity index (χ2n) is 21.1. The van der Waals surface area contributed by atoms with E-state index < -0.39 is 17.2 Å². The van der Waals surface area contributed by atoms with Crippen LogP contribution in [-0.4, -0.2) is 25.4 Å². The van der Waals surface area contributed by atoms with E-state index in [4.69, 9.17) is 27.1 Å². The van der Waals surface area contributed by atoms with Gasteiger partial charge in [-0.3, -0.25) is 9.05 Å². The predicted octanol–water partition coefficient (Wildman–Crippen LogP) is 20.3. The molecule has 4 rings (SSSR count). The van der Waals surface area contributed by atoms with Crippen LogP contribution in [0.2, 0.25) is 0 Å². The molecule has 2 aromatic rings. The Kier molecular flexibility index (Phi) is 31.9. The highest BCUT2D eigenvalue weighted by Crippen LogP contribution is 2.53. The van der Waals surface area contributed by atoms with Gasteiger partial charge in [0, 0.05) is 0 Å². The first-order valence-electron chi connectivity index (χ1n) is 28.6. The molecule has 2 unspecified atom stereocenters. The van der Waals surface area contributed by atoms with Crippen LogP contribution in [0.3, 0.4) is 0 Å². The zero-order chi connectivity index (χ0) is 47.6. The minimum atomic E-state index is -1.46. The Morgan fingerprint density at radius 1 is 0.418 bits per heavy atom. The molecule has 0 radical (unpaired) electrons. The molecule has 2 atom stereocenters. The van der Waals surface area contributed by atoms with Crippen molar-refractivity contribution in [2.45, 2.75) is 272 Å². The van der Waals surface area contributed by atoms with Gasteiger partial charge in [-0.15, -0.1) is 0 Å². The molecule has 0 heterocycles. The van der Waals surface area contributed by atoms with Crippen molar-refractivity contribution in [2.75, 3.05) is 13.2 Å². The first-order valence-corrected chi connectivity index (χ1v) is 30.8. The fraction of sp³-hybridized carbons (Fsp3) is 0.797. The van der Waals surface area contributed by atoms with E-state index in [2.05, 4.69) is 90.1 Å². The van der Waals surface area contributed by atoms with Gasteiger partial charge in [0.1, 0.15) is 11.5 Å². The van der Waals surface area contributed by atoms with Crippen molar-refractivity contribution in [3.63, 3.8) is 0 Å². The molecule has 0 saturated heterocycles. The number of benzene rings is 2. The third kappa shape index (κ3) is 25.1. The quantitative estimate of drug-likeness (QED) is 0.0490. The molecule has 67 heavy (non-hydrogen) atoms. The van der Waals surface area contributed by atoms with Crippen molar-refractivity contribution in [3.8, 4) is 11.5 Å². The lowest BCUT2D eigenvalue weighted by Crippen LogP contribution is -2.38. The zero-order valence-electron chi connectivity index (χ0n) is 44.2. The average Bonchev–Trinajstić information content (AvgIpc) is 3.33. The summed E-state index contributed by atoms with van der Waals surface area (Å²) in [4.78, 5) is 0. The van der Waals surface area contributed by atoms with Crippen LogP contribution >= 0.6 is 17.2 Å². The highest BCUT2D eigenvalue weighted by atomic mass is 31.2. The smallest absolute Gasteiger partial charge is 0.397 e. The van der Waals surface area contributed by atoms with Crippen molar-refractivity contribution < 1.29 is 27.1 Å². The van der Waals surface area contributed by atoms with Gasteiger partial charge in [0.15, 0.2) is 0 Å². The van der Waals surface area contributed by atoms with Crippen LogP contribution in [0.15, 0.2) is 48.5 Å². The minimum absolute atomic E-state index is 0.185. The van der Waals surface area contributed by atoms with Crippen LogP contribution in [0.5, 0.6) is 11.5 Å². The van der Waals surface area contributed by atoms with E-state index in [-0.39, 0.29) is 17.6 Å². The van der Waals surface area contributed by atoms with Gasteiger partial charge in [0.25, 0.3) is 0 Å². The van der Waals surface area contributed by atoms with E-state index in [0.717, 1.165) is 62.9 Å². The number of hydrogen-bond acceptors (Lipinski definition) is 6. The molecule has 0 bridgehead atoms. The average molecular weight is 969 g/mol. The summed E-state index contributed by atoms with van der Waals surface area (Å²) in [6.45, 7) is 15.6. The number of rotatable bonds is 40. The third-order valence-corrected chi connectivity index (χ3v) is 17.6. The molecule has 2 aromatic carbocycles. The van der Waals surface area contributed by atoms with Crippen LogP contribution in [-0.2, 0) is 30.9 Å². The van der Waals surface area contributed by atoms with Gasteiger partial charge in [-0.05, 0) is 143 Å². The van der Waals surface area contributed by atoms with E-state index in [1.165, 1.54) is 178 Å². The Morgan fingerprint density at radius 2 is 0.746 bits per heavy atom. The van der Waals surface area contributed by atoms with E-state index in [9.17, 15) is 0 Å². The summed E-state index contributed by atoms with van der Waals surface area (Å²) in [5.74, 6) is 3.16. The fourth-order valence-electron chi connectivity index (χ4n) is 10.5. The first kappa shape index (κ1) is 58.3. The van der Waals surface area contributed by atoms with Crippen molar-refractivity contribution >= 4 is 17.2 Å². The largest absolute Gasteiger partial charge is 0.427 e. The molecular formula is C59H102O6P2. The Labute approximate surface area is 416 Å². The van der Waals surface area contributed by atoms with E-state index in [1.54, 1.807) is 0 Å². The molecule has 2 aliphatic carbocycles. The van der Waals surface area contributed by atoms with Gasteiger partial charge in [0.05, 0.1) is 25.4 Å². The topological polar surface area (TPSA) is 55.4 Å². The van der Waals surface area contributed by atoms with Crippen LogP contribution in [0, 0.1) is 17.3 Å². The highest BCUT2D eigenvalue weighted by Gasteiger charge is 2.42. The van der Waals surface area contributed by atoms with E-state index in [1.807, 2.05) is 0 Å². The minimum Gasteiger partial charge on any atom is -0.427 e. The SMILES string of the molecule is CCCCCCCCOP(Oc1cccc(CCCCCCCC)c1)OC1CCC(C(C)(C)C2CCC(OP(OCCCCCCCC)Oc3cccc(CCCCCCCC)c3)CC2)CC1. The molecule has 0 N–H and O–H groups in total. The summed E-state index contributed by atoms with van der Waals surface area (Å²) in [7, 11) is -2.91. The maximum absolute atomic E-state index is 6.80. The second kappa shape index (κ2) is 36.6. The lowest BCUT2D eigenvalue weighted by Gasteiger charge is -2.46. The monoisotopic (exact) mass is 969 g/mol. The molecule has 0 amide bonds. The Bertz CT molecular complexity index is 1370. The lowest BCUT2D eigenvalue weighted by molar-refractivity contribution is 0.00601.